The van der Waals surface area contributed by atoms with Crippen LogP contribution in [0.15, 0.2) is 15.8 Å². The maximum atomic E-state index is 11.7. The zero-order valence-electron chi connectivity index (χ0n) is 9.42. The highest BCUT2D eigenvalue weighted by Crippen LogP contribution is 2.57. The van der Waals surface area contributed by atoms with Crippen LogP contribution in [0.5, 0.6) is 0 Å². The number of aliphatic hydroxyl groups excluding tert-OH is 1. The number of aromatic nitrogens is 2. The smallest absolute Gasteiger partial charge is 0.330 e. The van der Waals surface area contributed by atoms with Gasteiger partial charge >= 0.3 is 5.69 Å². The molecular weight excluding hydrogens is 224 g/mol. The number of hydrogen-bond acceptors (Lipinski definition) is 4. The van der Waals surface area contributed by atoms with Crippen LogP contribution < -0.4 is 11.2 Å². The van der Waals surface area contributed by atoms with Crippen molar-refractivity contribution in [2.24, 2.45) is 17.8 Å². The lowest BCUT2D eigenvalue weighted by atomic mass is 10.3. The van der Waals surface area contributed by atoms with Crippen LogP contribution in [0.3, 0.4) is 0 Å². The second-order valence-corrected chi connectivity index (χ2v) is 4.79. The summed E-state index contributed by atoms with van der Waals surface area (Å²) < 4.78 is 6.97. The number of nitrogens with zero attached hydrogens (tertiary/aromatic N) is 1. The van der Waals surface area contributed by atoms with Gasteiger partial charge in [0.15, 0.2) is 0 Å². The van der Waals surface area contributed by atoms with Gasteiger partial charge in [-0.25, -0.2) is 4.79 Å². The number of aliphatic hydroxyl groups is 1. The zero-order chi connectivity index (χ0) is 12.2. The molecule has 2 heterocycles. The van der Waals surface area contributed by atoms with Crippen molar-refractivity contribution in [1.82, 2.24) is 9.55 Å². The van der Waals surface area contributed by atoms with Crippen molar-refractivity contribution in [2.75, 3.05) is 13.2 Å². The minimum Gasteiger partial charge on any atom is -0.396 e. The summed E-state index contributed by atoms with van der Waals surface area (Å²) in [5, 5.41) is 9.14. The zero-order valence-corrected chi connectivity index (χ0v) is 9.42. The highest BCUT2D eigenvalue weighted by Gasteiger charge is 2.59. The minimum absolute atomic E-state index is 0.131. The van der Waals surface area contributed by atoms with Crippen LogP contribution in [-0.2, 0) is 4.74 Å². The molecule has 2 fully saturated rings. The van der Waals surface area contributed by atoms with E-state index in [4.69, 9.17) is 9.84 Å². The normalized spacial score (nSPS) is 34.7. The van der Waals surface area contributed by atoms with E-state index in [0.29, 0.717) is 18.1 Å². The van der Waals surface area contributed by atoms with Crippen molar-refractivity contribution in [2.45, 2.75) is 13.2 Å². The van der Waals surface area contributed by atoms with Crippen molar-refractivity contribution in [3.05, 3.63) is 32.6 Å². The average Bonchev–Trinajstić information content (AvgIpc) is 2.84. The summed E-state index contributed by atoms with van der Waals surface area (Å²) >= 11 is 0. The predicted octanol–water partition coefficient (Wildman–Crippen LogP) is -0.772. The number of hydrogen-bond donors (Lipinski definition) is 2. The number of fused-ring (bicyclic) bond motifs is 1. The molecular formula is C11H14N2O4. The standard InChI is InChI=1S/C11H14N2O4/c1-5-2-13(11(16)12-9(5)15)10-8-6(3-14)7(8)4-17-10/h2,6-8,10,14H,3-4H2,1H3,(H,12,15,16)/t6-,7+,8-,10-/m0/s1. The van der Waals surface area contributed by atoms with Crippen LogP contribution >= 0.6 is 0 Å². The maximum absolute atomic E-state index is 11.7. The molecule has 0 unspecified atom stereocenters. The summed E-state index contributed by atoms with van der Waals surface area (Å²) in [4.78, 5) is 25.2. The first-order valence-corrected chi connectivity index (χ1v) is 5.68. The molecule has 3 rings (SSSR count). The molecule has 1 saturated carbocycles. The van der Waals surface area contributed by atoms with Crippen molar-refractivity contribution < 1.29 is 9.84 Å². The molecule has 4 atom stereocenters. The molecule has 2 N–H and O–H groups in total. The molecule has 6 nitrogen and oxygen atoms in total. The molecule has 6 heteroatoms. The van der Waals surface area contributed by atoms with Crippen molar-refractivity contribution in [3.8, 4) is 0 Å². The van der Waals surface area contributed by atoms with Gasteiger partial charge in [-0.1, -0.05) is 0 Å². The Kier molecular flexibility index (Phi) is 2.24. The molecule has 1 aliphatic carbocycles. The van der Waals surface area contributed by atoms with Crippen molar-refractivity contribution >= 4 is 0 Å². The van der Waals surface area contributed by atoms with Crippen LogP contribution in [-0.4, -0.2) is 27.9 Å². The second kappa shape index (κ2) is 3.54. The van der Waals surface area contributed by atoms with Crippen LogP contribution in [0.2, 0.25) is 0 Å². The molecule has 2 aliphatic rings. The second-order valence-electron chi connectivity index (χ2n) is 4.79. The fourth-order valence-corrected chi connectivity index (χ4v) is 2.75. The van der Waals surface area contributed by atoms with Gasteiger partial charge in [0.25, 0.3) is 5.56 Å². The van der Waals surface area contributed by atoms with Crippen LogP contribution in [0.25, 0.3) is 0 Å². The Labute approximate surface area is 96.9 Å². The number of rotatable bonds is 2. The number of ether oxygens (including phenoxy) is 1. The van der Waals surface area contributed by atoms with E-state index in [1.807, 2.05) is 0 Å². The summed E-state index contributed by atoms with van der Waals surface area (Å²) in [5.74, 6) is 0.778. The van der Waals surface area contributed by atoms with E-state index in [1.165, 1.54) is 10.8 Å². The Morgan fingerprint density at radius 3 is 3.00 bits per heavy atom. The van der Waals surface area contributed by atoms with E-state index in [-0.39, 0.29) is 30.2 Å². The number of nitrogens with one attached hydrogen (secondary N) is 1. The molecule has 0 radical (unpaired) electrons. The molecule has 1 aliphatic heterocycles. The Balaban J connectivity index is 1.98. The highest BCUT2D eigenvalue weighted by atomic mass is 16.5. The summed E-state index contributed by atoms with van der Waals surface area (Å²) in [5.41, 5.74) is -0.331. The summed E-state index contributed by atoms with van der Waals surface area (Å²) in [6.07, 6.45) is 1.18. The largest absolute Gasteiger partial charge is 0.396 e. The van der Waals surface area contributed by atoms with Crippen LogP contribution in [0.4, 0.5) is 0 Å². The van der Waals surface area contributed by atoms with Gasteiger partial charge in [0, 0.05) is 24.3 Å². The van der Waals surface area contributed by atoms with E-state index >= 15 is 0 Å². The Bertz CT molecular complexity index is 557. The average molecular weight is 238 g/mol. The van der Waals surface area contributed by atoms with Gasteiger partial charge in [-0.05, 0) is 18.8 Å². The van der Waals surface area contributed by atoms with Crippen LogP contribution in [0.1, 0.15) is 11.8 Å². The topological polar surface area (TPSA) is 84.3 Å². The summed E-state index contributed by atoms with van der Waals surface area (Å²) in [7, 11) is 0. The van der Waals surface area contributed by atoms with E-state index in [0.717, 1.165) is 0 Å². The number of aryl methyl sites for hydroxylation is 1. The van der Waals surface area contributed by atoms with E-state index in [9.17, 15) is 9.59 Å². The highest BCUT2D eigenvalue weighted by molar-refractivity contribution is 5.07. The monoisotopic (exact) mass is 238 g/mol. The predicted molar refractivity (Wildman–Crippen MR) is 58.6 cm³/mol. The molecule has 0 amide bonds. The lowest BCUT2D eigenvalue weighted by Crippen LogP contribution is -2.34. The summed E-state index contributed by atoms with van der Waals surface area (Å²) in [6, 6.07) is 0. The van der Waals surface area contributed by atoms with Gasteiger partial charge in [0.1, 0.15) is 6.23 Å². The molecule has 0 spiro atoms. The SMILES string of the molecule is Cc1cn([C@H]2OC[C@@H]3[C@H](CO)[C@@H]32)c(=O)[nH]c1=O. The Morgan fingerprint density at radius 2 is 2.35 bits per heavy atom. The minimum atomic E-state index is -0.449. The third kappa shape index (κ3) is 1.48. The Hall–Kier alpha value is -1.40. The third-order valence-electron chi connectivity index (χ3n) is 3.82. The summed E-state index contributed by atoms with van der Waals surface area (Å²) in [6.45, 7) is 2.36. The van der Waals surface area contributed by atoms with Gasteiger partial charge in [-0.2, -0.15) is 0 Å². The first kappa shape index (κ1) is 10.7. The first-order valence-electron chi connectivity index (χ1n) is 5.68. The number of aromatic amines is 1. The van der Waals surface area contributed by atoms with E-state index < -0.39 is 5.69 Å². The number of H-pyrrole nitrogens is 1. The van der Waals surface area contributed by atoms with Gasteiger partial charge in [0.2, 0.25) is 0 Å². The van der Waals surface area contributed by atoms with Gasteiger partial charge in [0.05, 0.1) is 6.61 Å². The van der Waals surface area contributed by atoms with E-state index in [2.05, 4.69) is 4.98 Å². The van der Waals surface area contributed by atoms with Gasteiger partial charge in [-0.15, -0.1) is 0 Å². The molecule has 0 aromatic carbocycles. The molecule has 1 aromatic rings. The lowest BCUT2D eigenvalue weighted by Gasteiger charge is -2.17. The lowest BCUT2D eigenvalue weighted by molar-refractivity contribution is 0.00635. The van der Waals surface area contributed by atoms with Crippen molar-refractivity contribution in [3.63, 3.8) is 0 Å². The molecule has 17 heavy (non-hydrogen) atoms. The van der Waals surface area contributed by atoms with E-state index in [1.54, 1.807) is 6.92 Å². The molecule has 1 saturated heterocycles. The fraction of sp³-hybridized carbons (Fsp3) is 0.636. The molecule has 92 valence electrons. The fourth-order valence-electron chi connectivity index (χ4n) is 2.75. The molecule has 0 bridgehead atoms. The van der Waals surface area contributed by atoms with Gasteiger partial charge in [-0.3, -0.25) is 14.3 Å². The van der Waals surface area contributed by atoms with Crippen LogP contribution in [0, 0.1) is 24.7 Å². The quantitative estimate of drug-likeness (QED) is 0.708. The first-order chi connectivity index (χ1) is 8.13. The van der Waals surface area contributed by atoms with Crippen molar-refractivity contribution in [1.29, 1.82) is 0 Å². The molecule has 1 aromatic heterocycles. The third-order valence-corrected chi connectivity index (χ3v) is 3.82. The Morgan fingerprint density at radius 1 is 1.59 bits per heavy atom. The maximum Gasteiger partial charge on any atom is 0.330 e. The van der Waals surface area contributed by atoms with Gasteiger partial charge < -0.3 is 9.84 Å².